The third kappa shape index (κ3) is 1.81. The molecule has 0 atom stereocenters. The highest BCUT2D eigenvalue weighted by atomic mass is 35.5. The molecule has 0 saturated carbocycles. The molecular formula is C15H11ClN2S. The van der Waals surface area contributed by atoms with Gasteiger partial charge in [-0.05, 0) is 30.2 Å². The van der Waals surface area contributed by atoms with Crippen molar-refractivity contribution >= 4 is 38.8 Å². The molecule has 4 rings (SSSR count). The van der Waals surface area contributed by atoms with Crippen LogP contribution in [0, 0.1) is 0 Å². The van der Waals surface area contributed by atoms with Crippen molar-refractivity contribution in [1.29, 1.82) is 0 Å². The number of hydrogen-bond acceptors (Lipinski definition) is 3. The second kappa shape index (κ2) is 4.22. The van der Waals surface area contributed by atoms with Gasteiger partial charge in [-0.25, -0.2) is 4.98 Å². The van der Waals surface area contributed by atoms with Gasteiger partial charge >= 0.3 is 0 Å². The van der Waals surface area contributed by atoms with E-state index in [0.717, 1.165) is 38.8 Å². The van der Waals surface area contributed by atoms with Gasteiger partial charge in [0.05, 0.1) is 15.2 Å². The zero-order valence-electron chi connectivity index (χ0n) is 10.1. The van der Waals surface area contributed by atoms with Crippen LogP contribution < -0.4 is 5.32 Å². The predicted molar refractivity (Wildman–Crippen MR) is 82.3 cm³/mol. The molecular weight excluding hydrogens is 276 g/mol. The summed E-state index contributed by atoms with van der Waals surface area (Å²) in [6, 6.07) is 12.4. The summed E-state index contributed by atoms with van der Waals surface area (Å²) in [5, 5.41) is 5.21. The Morgan fingerprint density at radius 2 is 2.16 bits per heavy atom. The van der Waals surface area contributed by atoms with Gasteiger partial charge in [-0.2, -0.15) is 0 Å². The van der Waals surface area contributed by atoms with E-state index in [0.29, 0.717) is 0 Å². The molecule has 0 aliphatic carbocycles. The highest BCUT2D eigenvalue weighted by Gasteiger charge is 2.13. The van der Waals surface area contributed by atoms with Crippen LogP contribution in [0.2, 0.25) is 5.02 Å². The summed E-state index contributed by atoms with van der Waals surface area (Å²) in [5.74, 6) is 0. The molecule has 0 spiro atoms. The minimum Gasteiger partial charge on any atom is -0.384 e. The van der Waals surface area contributed by atoms with Crippen molar-refractivity contribution in [2.75, 3.05) is 11.9 Å². The molecule has 0 fully saturated rings. The summed E-state index contributed by atoms with van der Waals surface area (Å²) >= 11 is 7.86. The highest BCUT2D eigenvalue weighted by molar-refractivity contribution is 7.22. The molecule has 19 heavy (non-hydrogen) atoms. The van der Waals surface area contributed by atoms with Crippen LogP contribution in [0.25, 0.3) is 20.8 Å². The molecule has 3 aromatic rings. The lowest BCUT2D eigenvalue weighted by atomic mass is 10.1. The first-order chi connectivity index (χ1) is 9.31. The average Bonchev–Trinajstić information content (AvgIpc) is 3.04. The lowest BCUT2D eigenvalue weighted by molar-refractivity contribution is 1.11. The van der Waals surface area contributed by atoms with Gasteiger partial charge in [0, 0.05) is 17.8 Å². The summed E-state index contributed by atoms with van der Waals surface area (Å²) in [5.41, 5.74) is 4.76. The summed E-state index contributed by atoms with van der Waals surface area (Å²) in [4.78, 5) is 4.68. The standard InChI is InChI=1S/C15H11ClN2S/c16-11-2-1-3-12-14(11)19-15(18-12)10-5-4-9-6-7-17-13(9)8-10/h1-5,8,17H,6-7H2. The van der Waals surface area contributed by atoms with Crippen molar-refractivity contribution in [2.24, 2.45) is 0 Å². The van der Waals surface area contributed by atoms with Gasteiger partial charge in [-0.3, -0.25) is 0 Å². The maximum Gasteiger partial charge on any atom is 0.124 e. The topological polar surface area (TPSA) is 24.9 Å². The average molecular weight is 287 g/mol. The fourth-order valence-corrected chi connectivity index (χ4v) is 3.71. The molecule has 0 radical (unpaired) electrons. The van der Waals surface area contributed by atoms with Crippen molar-refractivity contribution < 1.29 is 0 Å². The number of thiazole rings is 1. The van der Waals surface area contributed by atoms with Crippen LogP contribution in [0.3, 0.4) is 0 Å². The minimum atomic E-state index is 0.778. The summed E-state index contributed by atoms with van der Waals surface area (Å²) in [6.07, 6.45) is 1.11. The van der Waals surface area contributed by atoms with Crippen LogP contribution in [-0.4, -0.2) is 11.5 Å². The van der Waals surface area contributed by atoms with Crippen LogP contribution in [0.1, 0.15) is 5.56 Å². The van der Waals surface area contributed by atoms with E-state index in [-0.39, 0.29) is 0 Å². The second-order valence-electron chi connectivity index (χ2n) is 4.66. The van der Waals surface area contributed by atoms with Gasteiger partial charge in [-0.1, -0.05) is 29.8 Å². The quantitative estimate of drug-likeness (QED) is 0.708. The number of halogens is 1. The monoisotopic (exact) mass is 286 g/mol. The Morgan fingerprint density at radius 1 is 1.21 bits per heavy atom. The minimum absolute atomic E-state index is 0.778. The number of fused-ring (bicyclic) bond motifs is 2. The first-order valence-corrected chi connectivity index (χ1v) is 7.43. The van der Waals surface area contributed by atoms with E-state index in [2.05, 4.69) is 28.5 Å². The molecule has 2 nitrogen and oxygen atoms in total. The molecule has 1 aliphatic heterocycles. The van der Waals surface area contributed by atoms with Crippen molar-refractivity contribution in [3.63, 3.8) is 0 Å². The van der Waals surface area contributed by atoms with E-state index in [4.69, 9.17) is 11.6 Å². The second-order valence-corrected chi connectivity index (χ2v) is 6.06. The number of hydrogen-bond donors (Lipinski definition) is 1. The van der Waals surface area contributed by atoms with Crippen LogP contribution in [0.15, 0.2) is 36.4 Å². The molecule has 1 aliphatic rings. The van der Waals surface area contributed by atoms with Crippen LogP contribution >= 0.6 is 22.9 Å². The summed E-state index contributed by atoms with van der Waals surface area (Å²) in [7, 11) is 0. The Hall–Kier alpha value is -1.58. The number of nitrogens with one attached hydrogen (secondary N) is 1. The smallest absolute Gasteiger partial charge is 0.124 e. The first-order valence-electron chi connectivity index (χ1n) is 6.23. The fraction of sp³-hybridized carbons (Fsp3) is 0.133. The molecule has 0 amide bonds. The largest absolute Gasteiger partial charge is 0.384 e. The molecule has 0 bridgehead atoms. The third-order valence-corrected chi connectivity index (χ3v) is 5.01. The number of aromatic nitrogens is 1. The lowest BCUT2D eigenvalue weighted by Gasteiger charge is -2.01. The number of rotatable bonds is 1. The molecule has 0 unspecified atom stereocenters. The van der Waals surface area contributed by atoms with E-state index in [9.17, 15) is 0 Å². The van der Waals surface area contributed by atoms with Gasteiger partial charge in [0.2, 0.25) is 0 Å². The van der Waals surface area contributed by atoms with Gasteiger partial charge in [0.25, 0.3) is 0 Å². The Kier molecular flexibility index (Phi) is 2.50. The third-order valence-electron chi connectivity index (χ3n) is 3.43. The molecule has 4 heteroatoms. The summed E-state index contributed by atoms with van der Waals surface area (Å²) < 4.78 is 1.06. The lowest BCUT2D eigenvalue weighted by Crippen LogP contribution is -1.90. The van der Waals surface area contributed by atoms with Gasteiger partial charge in [0.1, 0.15) is 5.01 Å². The molecule has 2 heterocycles. The molecule has 1 N–H and O–H groups in total. The molecule has 1 aromatic heterocycles. The van der Waals surface area contributed by atoms with E-state index in [1.807, 2.05) is 18.2 Å². The van der Waals surface area contributed by atoms with E-state index in [1.54, 1.807) is 11.3 Å². The van der Waals surface area contributed by atoms with Gasteiger partial charge in [-0.15, -0.1) is 11.3 Å². The van der Waals surface area contributed by atoms with E-state index >= 15 is 0 Å². The van der Waals surface area contributed by atoms with Crippen LogP contribution in [-0.2, 0) is 6.42 Å². The SMILES string of the molecule is Clc1cccc2nc(-c3ccc4c(c3)NCC4)sc12. The summed E-state index contributed by atoms with van der Waals surface area (Å²) in [6.45, 7) is 1.03. The first kappa shape index (κ1) is 11.3. The predicted octanol–water partition coefficient (Wildman–Crippen LogP) is 4.58. The van der Waals surface area contributed by atoms with Crippen molar-refractivity contribution in [2.45, 2.75) is 6.42 Å². The Bertz CT molecular complexity index is 779. The number of anilines is 1. The van der Waals surface area contributed by atoms with Crippen LogP contribution in [0.5, 0.6) is 0 Å². The number of benzene rings is 2. The van der Waals surface area contributed by atoms with Crippen molar-refractivity contribution in [3.8, 4) is 10.6 Å². The van der Waals surface area contributed by atoms with Crippen LogP contribution in [0.4, 0.5) is 5.69 Å². The van der Waals surface area contributed by atoms with E-state index in [1.165, 1.54) is 11.3 Å². The highest BCUT2D eigenvalue weighted by Crippen LogP contribution is 2.36. The number of nitrogens with zero attached hydrogens (tertiary/aromatic N) is 1. The Balaban J connectivity index is 1.88. The Morgan fingerprint density at radius 3 is 3.05 bits per heavy atom. The molecule has 0 saturated heterocycles. The maximum atomic E-state index is 6.21. The van der Waals surface area contributed by atoms with Crippen molar-refractivity contribution in [3.05, 3.63) is 47.0 Å². The zero-order valence-corrected chi connectivity index (χ0v) is 11.7. The zero-order chi connectivity index (χ0) is 12.8. The normalized spacial score (nSPS) is 13.5. The van der Waals surface area contributed by atoms with Gasteiger partial charge < -0.3 is 5.32 Å². The van der Waals surface area contributed by atoms with Gasteiger partial charge in [0.15, 0.2) is 0 Å². The maximum absolute atomic E-state index is 6.21. The fourth-order valence-electron chi connectivity index (χ4n) is 2.46. The van der Waals surface area contributed by atoms with Crippen molar-refractivity contribution in [1.82, 2.24) is 4.98 Å². The molecule has 94 valence electrons. The molecule has 2 aromatic carbocycles. The van der Waals surface area contributed by atoms with E-state index < -0.39 is 0 Å². The Labute approximate surface area is 120 Å².